The van der Waals surface area contributed by atoms with Crippen molar-refractivity contribution in [1.29, 1.82) is 0 Å². The number of rotatable bonds is 5. The van der Waals surface area contributed by atoms with Crippen molar-refractivity contribution >= 4 is 40.3 Å². The van der Waals surface area contributed by atoms with Crippen LogP contribution in [0.4, 0.5) is 0 Å². The highest BCUT2D eigenvalue weighted by Crippen LogP contribution is 2.24. The van der Waals surface area contributed by atoms with Gasteiger partial charge in [0.25, 0.3) is 5.91 Å². The molecule has 1 fully saturated rings. The first kappa shape index (κ1) is 19.3. The Labute approximate surface area is 174 Å². The number of halogens is 1. The molecule has 4 nitrogen and oxygen atoms in total. The van der Waals surface area contributed by atoms with E-state index in [1.807, 2.05) is 59.1 Å². The van der Waals surface area contributed by atoms with Gasteiger partial charge in [-0.2, -0.15) is 11.8 Å². The van der Waals surface area contributed by atoms with E-state index in [1.165, 1.54) is 0 Å². The summed E-state index contributed by atoms with van der Waals surface area (Å²) in [4.78, 5) is 19.8. The van der Waals surface area contributed by atoms with Crippen molar-refractivity contribution in [3.8, 4) is 0 Å². The third kappa shape index (κ3) is 3.91. The fraction of sp³-hybridized carbons (Fsp3) is 0.364. The summed E-state index contributed by atoms with van der Waals surface area (Å²) in [7, 11) is 0. The van der Waals surface area contributed by atoms with Crippen LogP contribution in [0.15, 0.2) is 42.5 Å². The van der Waals surface area contributed by atoms with Gasteiger partial charge in [0, 0.05) is 41.6 Å². The average molecular weight is 414 g/mol. The number of thioether (sulfide) groups is 1. The van der Waals surface area contributed by atoms with Crippen LogP contribution < -0.4 is 0 Å². The molecule has 2 aromatic carbocycles. The quantitative estimate of drug-likeness (QED) is 0.598. The fourth-order valence-electron chi connectivity index (χ4n) is 3.64. The van der Waals surface area contributed by atoms with E-state index < -0.39 is 0 Å². The van der Waals surface area contributed by atoms with Gasteiger partial charge in [-0.1, -0.05) is 36.7 Å². The topological polar surface area (TPSA) is 38.1 Å². The summed E-state index contributed by atoms with van der Waals surface area (Å²) in [5.41, 5.74) is 3.73. The number of carbonyl (C=O) groups is 1. The van der Waals surface area contributed by atoms with Crippen LogP contribution in [-0.4, -0.2) is 45.0 Å². The molecular formula is C22H24ClN3OS. The summed E-state index contributed by atoms with van der Waals surface area (Å²) < 4.78 is 2.21. The normalized spacial score (nSPS) is 14.6. The monoisotopic (exact) mass is 413 g/mol. The zero-order valence-corrected chi connectivity index (χ0v) is 17.6. The molecule has 6 heteroatoms. The zero-order chi connectivity index (χ0) is 19.5. The van der Waals surface area contributed by atoms with Crippen LogP contribution in [0.5, 0.6) is 0 Å². The second-order valence-electron chi connectivity index (χ2n) is 7.06. The summed E-state index contributed by atoms with van der Waals surface area (Å²) >= 11 is 8.32. The van der Waals surface area contributed by atoms with Gasteiger partial charge in [0.05, 0.1) is 17.6 Å². The molecule has 1 aliphatic rings. The molecule has 0 spiro atoms. The Morgan fingerprint density at radius 1 is 1.18 bits per heavy atom. The Balaban J connectivity index is 1.74. The first-order valence-electron chi connectivity index (χ1n) is 9.77. The highest BCUT2D eigenvalue weighted by atomic mass is 35.5. The number of hydrogen-bond donors (Lipinski definition) is 0. The third-order valence-electron chi connectivity index (χ3n) is 5.13. The van der Waals surface area contributed by atoms with Gasteiger partial charge in [-0.05, 0) is 36.2 Å². The van der Waals surface area contributed by atoms with Crippen molar-refractivity contribution in [2.24, 2.45) is 0 Å². The molecule has 1 amide bonds. The molecule has 146 valence electrons. The summed E-state index contributed by atoms with van der Waals surface area (Å²) in [6.45, 7) is 4.45. The van der Waals surface area contributed by atoms with E-state index in [0.29, 0.717) is 6.54 Å². The Morgan fingerprint density at radius 3 is 2.71 bits per heavy atom. The minimum Gasteiger partial charge on any atom is -0.337 e. The minimum absolute atomic E-state index is 0.115. The number of fused-ring (bicyclic) bond motifs is 1. The predicted octanol–water partition coefficient (Wildman–Crippen LogP) is 4.88. The molecule has 1 aromatic heterocycles. The second kappa shape index (κ2) is 8.58. The van der Waals surface area contributed by atoms with E-state index in [9.17, 15) is 4.79 Å². The predicted molar refractivity (Wildman–Crippen MR) is 118 cm³/mol. The van der Waals surface area contributed by atoms with Gasteiger partial charge in [0.15, 0.2) is 0 Å². The van der Waals surface area contributed by atoms with Gasteiger partial charge in [0.1, 0.15) is 5.82 Å². The Morgan fingerprint density at radius 2 is 1.96 bits per heavy atom. The molecule has 0 saturated carbocycles. The van der Waals surface area contributed by atoms with E-state index in [-0.39, 0.29) is 5.91 Å². The van der Waals surface area contributed by atoms with E-state index in [4.69, 9.17) is 16.6 Å². The van der Waals surface area contributed by atoms with Crippen LogP contribution in [0.25, 0.3) is 11.0 Å². The number of nitrogens with zero attached hydrogens (tertiary/aromatic N) is 3. The maximum Gasteiger partial charge on any atom is 0.253 e. The summed E-state index contributed by atoms with van der Waals surface area (Å²) in [5, 5.41) is 0.754. The van der Waals surface area contributed by atoms with Gasteiger partial charge in [-0.3, -0.25) is 4.79 Å². The van der Waals surface area contributed by atoms with E-state index in [0.717, 1.165) is 70.4 Å². The van der Waals surface area contributed by atoms with Crippen molar-refractivity contribution in [2.45, 2.75) is 26.3 Å². The largest absolute Gasteiger partial charge is 0.337 e. The maximum absolute atomic E-state index is 13.0. The molecule has 28 heavy (non-hydrogen) atoms. The van der Waals surface area contributed by atoms with Gasteiger partial charge in [-0.15, -0.1) is 0 Å². The average Bonchev–Trinajstić information content (AvgIpc) is 3.06. The SMILES string of the molecule is CCCc1nc2ccc(C(=O)N3CCSCC3)cc2n1Cc1ccccc1Cl. The molecule has 4 rings (SSSR count). The van der Waals surface area contributed by atoms with Crippen molar-refractivity contribution in [1.82, 2.24) is 14.5 Å². The number of imidazole rings is 1. The summed E-state index contributed by atoms with van der Waals surface area (Å²) in [6.07, 6.45) is 1.91. The lowest BCUT2D eigenvalue weighted by Crippen LogP contribution is -2.37. The van der Waals surface area contributed by atoms with Crippen molar-refractivity contribution in [3.05, 3.63) is 64.4 Å². The van der Waals surface area contributed by atoms with E-state index >= 15 is 0 Å². The second-order valence-corrected chi connectivity index (χ2v) is 8.70. The molecule has 0 radical (unpaired) electrons. The molecule has 0 unspecified atom stereocenters. The molecule has 3 aromatic rings. The lowest BCUT2D eigenvalue weighted by atomic mass is 10.1. The van der Waals surface area contributed by atoms with Crippen molar-refractivity contribution < 1.29 is 4.79 Å². The lowest BCUT2D eigenvalue weighted by molar-refractivity contribution is 0.0772. The van der Waals surface area contributed by atoms with Crippen LogP contribution >= 0.6 is 23.4 Å². The smallest absolute Gasteiger partial charge is 0.253 e. The summed E-state index contributed by atoms with van der Waals surface area (Å²) in [6, 6.07) is 13.8. The van der Waals surface area contributed by atoms with Gasteiger partial charge >= 0.3 is 0 Å². The highest BCUT2D eigenvalue weighted by molar-refractivity contribution is 7.99. The van der Waals surface area contributed by atoms with Crippen LogP contribution in [0.3, 0.4) is 0 Å². The molecule has 0 aliphatic carbocycles. The van der Waals surface area contributed by atoms with E-state index in [2.05, 4.69) is 11.5 Å². The Hall–Kier alpha value is -1.98. The molecule has 0 N–H and O–H groups in total. The molecule has 2 heterocycles. The molecule has 0 atom stereocenters. The standard InChI is InChI=1S/C22H24ClN3OS/c1-2-5-21-24-19-9-8-16(22(27)25-10-12-28-13-11-25)14-20(19)26(21)15-17-6-3-4-7-18(17)23/h3-4,6-9,14H,2,5,10-13,15H2,1H3. The molecular weight excluding hydrogens is 390 g/mol. The van der Waals surface area contributed by atoms with Crippen LogP contribution in [0.2, 0.25) is 5.02 Å². The molecule has 1 aliphatic heterocycles. The van der Waals surface area contributed by atoms with Crippen LogP contribution in [-0.2, 0) is 13.0 Å². The Bertz CT molecular complexity index is 995. The third-order valence-corrected chi connectivity index (χ3v) is 6.44. The molecule has 0 bridgehead atoms. The lowest BCUT2D eigenvalue weighted by Gasteiger charge is -2.26. The van der Waals surface area contributed by atoms with Gasteiger partial charge in [-0.25, -0.2) is 4.98 Å². The number of hydrogen-bond acceptors (Lipinski definition) is 3. The maximum atomic E-state index is 13.0. The zero-order valence-electron chi connectivity index (χ0n) is 16.0. The summed E-state index contributed by atoms with van der Waals surface area (Å²) in [5.74, 6) is 3.18. The first-order valence-corrected chi connectivity index (χ1v) is 11.3. The van der Waals surface area contributed by atoms with Crippen molar-refractivity contribution in [3.63, 3.8) is 0 Å². The van der Waals surface area contributed by atoms with Crippen molar-refractivity contribution in [2.75, 3.05) is 24.6 Å². The number of carbonyl (C=O) groups excluding carboxylic acids is 1. The minimum atomic E-state index is 0.115. The molecule has 1 saturated heterocycles. The first-order chi connectivity index (χ1) is 13.7. The highest BCUT2D eigenvalue weighted by Gasteiger charge is 2.20. The number of aromatic nitrogens is 2. The van der Waals surface area contributed by atoms with E-state index in [1.54, 1.807) is 0 Å². The fourth-order valence-corrected chi connectivity index (χ4v) is 4.74. The Kier molecular flexibility index (Phi) is 5.93. The van der Waals surface area contributed by atoms with Gasteiger partial charge < -0.3 is 9.47 Å². The number of aryl methyl sites for hydroxylation is 1. The number of benzene rings is 2. The van der Waals surface area contributed by atoms with Gasteiger partial charge in [0.2, 0.25) is 0 Å². The van der Waals surface area contributed by atoms with Crippen LogP contribution in [0.1, 0.15) is 35.1 Å². The van der Waals surface area contributed by atoms with Crippen LogP contribution in [0, 0.1) is 0 Å². The number of amides is 1.